The lowest BCUT2D eigenvalue weighted by atomic mass is 9.69. The van der Waals surface area contributed by atoms with Gasteiger partial charge in [-0.25, -0.2) is 4.79 Å². The van der Waals surface area contributed by atoms with Crippen molar-refractivity contribution in [3.05, 3.63) is 65.2 Å². The van der Waals surface area contributed by atoms with E-state index in [0.29, 0.717) is 12.0 Å². The summed E-state index contributed by atoms with van der Waals surface area (Å²) in [5, 5.41) is 0. The molecule has 2 aromatic carbocycles. The molecule has 3 unspecified atom stereocenters. The zero-order valence-corrected chi connectivity index (χ0v) is 19.1. The van der Waals surface area contributed by atoms with E-state index in [-0.39, 0.29) is 23.6 Å². The van der Waals surface area contributed by atoms with Crippen molar-refractivity contribution >= 4 is 11.7 Å². The van der Waals surface area contributed by atoms with E-state index in [1.54, 1.807) is 13.2 Å². The third-order valence-corrected chi connectivity index (χ3v) is 6.99. The molecule has 2 aliphatic heterocycles. The Morgan fingerprint density at radius 1 is 1.25 bits per heavy atom. The quantitative estimate of drug-likeness (QED) is 0.539. The number of rotatable bonds is 4. The van der Waals surface area contributed by atoms with Crippen LogP contribution < -0.4 is 14.4 Å². The van der Waals surface area contributed by atoms with Crippen LogP contribution in [0.3, 0.4) is 0 Å². The number of ether oxygens (including phenoxy) is 3. The third kappa shape index (κ3) is 3.34. The van der Waals surface area contributed by atoms with E-state index in [1.807, 2.05) is 43.3 Å². The summed E-state index contributed by atoms with van der Waals surface area (Å²) in [4.78, 5) is 17.2. The third-order valence-electron chi connectivity index (χ3n) is 6.99. The normalized spacial score (nSPS) is 25.9. The van der Waals surface area contributed by atoms with Crippen molar-refractivity contribution in [2.24, 2.45) is 0 Å². The highest BCUT2D eigenvalue weighted by atomic mass is 16.6. The molecule has 0 amide bonds. The van der Waals surface area contributed by atoms with Gasteiger partial charge in [-0.3, -0.25) is 0 Å². The Morgan fingerprint density at radius 3 is 2.88 bits per heavy atom. The van der Waals surface area contributed by atoms with Crippen LogP contribution >= 0.6 is 0 Å². The summed E-state index contributed by atoms with van der Waals surface area (Å²) in [6.07, 6.45) is 5.45. The monoisotopic (exact) mass is 434 g/mol. The van der Waals surface area contributed by atoms with Crippen LogP contribution in [0.5, 0.6) is 11.5 Å². The molecular formula is C26H30N2O4. The molecule has 0 radical (unpaired) electrons. The maximum absolute atomic E-state index is 12.9. The minimum absolute atomic E-state index is 0.0880. The highest BCUT2D eigenvalue weighted by molar-refractivity contribution is 5.90. The van der Waals surface area contributed by atoms with Crippen molar-refractivity contribution in [1.29, 1.82) is 0 Å². The SMILES string of the molecule is COc1ccc2c3c1OC1CC(OC(=O)c4cccc(N(C)C)c4)C=CC31CCN(C)C2. The summed E-state index contributed by atoms with van der Waals surface area (Å²) in [5.41, 5.74) is 3.84. The van der Waals surface area contributed by atoms with Gasteiger partial charge in [0.05, 0.1) is 18.1 Å². The summed E-state index contributed by atoms with van der Waals surface area (Å²) >= 11 is 0. The first-order chi connectivity index (χ1) is 15.4. The fourth-order valence-corrected chi connectivity index (χ4v) is 5.27. The average Bonchev–Trinajstić information content (AvgIpc) is 3.05. The molecule has 168 valence electrons. The number of esters is 1. The number of hydrogen-bond acceptors (Lipinski definition) is 6. The largest absolute Gasteiger partial charge is 0.493 e. The predicted octanol–water partition coefficient (Wildman–Crippen LogP) is 3.78. The van der Waals surface area contributed by atoms with Gasteiger partial charge < -0.3 is 24.0 Å². The fraction of sp³-hybridized carbons (Fsp3) is 0.423. The summed E-state index contributed by atoms with van der Waals surface area (Å²) in [7, 11) is 7.75. The van der Waals surface area contributed by atoms with Crippen molar-refractivity contribution in [1.82, 2.24) is 4.90 Å². The van der Waals surface area contributed by atoms with Gasteiger partial charge in [0.15, 0.2) is 11.5 Å². The number of nitrogens with zero attached hydrogens (tertiary/aromatic N) is 2. The molecule has 0 fully saturated rings. The molecular weight excluding hydrogens is 404 g/mol. The highest BCUT2D eigenvalue weighted by Crippen LogP contribution is 2.55. The van der Waals surface area contributed by atoms with Crippen LogP contribution in [0.15, 0.2) is 48.6 Å². The molecule has 6 heteroatoms. The van der Waals surface area contributed by atoms with E-state index in [2.05, 4.69) is 30.2 Å². The van der Waals surface area contributed by atoms with E-state index < -0.39 is 0 Å². The molecule has 2 aromatic rings. The number of benzene rings is 2. The first-order valence-electron chi connectivity index (χ1n) is 11.1. The predicted molar refractivity (Wildman–Crippen MR) is 124 cm³/mol. The van der Waals surface area contributed by atoms with Crippen LogP contribution in [0.2, 0.25) is 0 Å². The van der Waals surface area contributed by atoms with Gasteiger partial charge in [-0.2, -0.15) is 0 Å². The second-order valence-corrected chi connectivity index (χ2v) is 9.25. The van der Waals surface area contributed by atoms with Crippen molar-refractivity contribution < 1.29 is 19.0 Å². The average molecular weight is 435 g/mol. The van der Waals surface area contributed by atoms with E-state index in [9.17, 15) is 4.79 Å². The Morgan fingerprint density at radius 2 is 2.09 bits per heavy atom. The molecule has 5 rings (SSSR count). The molecule has 1 aliphatic carbocycles. The molecule has 2 heterocycles. The Kier molecular flexibility index (Phi) is 5.13. The number of hydrogen-bond donors (Lipinski definition) is 0. The summed E-state index contributed by atoms with van der Waals surface area (Å²) in [6, 6.07) is 11.7. The molecule has 0 aromatic heterocycles. The van der Waals surface area contributed by atoms with Gasteiger partial charge in [0, 0.05) is 38.3 Å². The lowest BCUT2D eigenvalue weighted by Crippen LogP contribution is -2.43. The second kappa shape index (κ2) is 7.85. The van der Waals surface area contributed by atoms with Gasteiger partial charge in [0.1, 0.15) is 12.2 Å². The Labute approximate surface area is 189 Å². The Hall–Kier alpha value is -2.99. The highest BCUT2D eigenvalue weighted by Gasteiger charge is 2.53. The van der Waals surface area contributed by atoms with Crippen LogP contribution in [-0.4, -0.2) is 57.9 Å². The van der Waals surface area contributed by atoms with E-state index in [1.165, 1.54) is 11.1 Å². The standard InChI is InChI=1S/C26H30N2O4/c1-27(2)19-7-5-6-17(14-19)25(29)31-20-10-11-26-12-13-28(3)16-18-8-9-21(30-4)24(23(18)26)32-22(26)15-20/h5-11,14,20,22H,12-13,15-16H2,1-4H3. The lowest BCUT2D eigenvalue weighted by molar-refractivity contribution is 0.0218. The maximum atomic E-state index is 12.9. The molecule has 0 bridgehead atoms. The smallest absolute Gasteiger partial charge is 0.338 e. The van der Waals surface area contributed by atoms with Crippen LogP contribution in [0, 0.1) is 0 Å². The first-order valence-corrected chi connectivity index (χ1v) is 11.1. The van der Waals surface area contributed by atoms with Crippen molar-refractivity contribution in [2.75, 3.05) is 39.7 Å². The second-order valence-electron chi connectivity index (χ2n) is 9.25. The van der Waals surface area contributed by atoms with Gasteiger partial charge >= 0.3 is 5.97 Å². The van der Waals surface area contributed by atoms with E-state index in [0.717, 1.165) is 36.7 Å². The van der Waals surface area contributed by atoms with E-state index in [4.69, 9.17) is 14.2 Å². The molecule has 0 saturated carbocycles. The molecule has 3 aliphatic rings. The molecule has 0 N–H and O–H groups in total. The van der Waals surface area contributed by atoms with E-state index >= 15 is 0 Å². The number of anilines is 1. The molecule has 32 heavy (non-hydrogen) atoms. The number of carbonyl (C=O) groups is 1. The van der Waals surface area contributed by atoms with Crippen molar-refractivity contribution in [2.45, 2.75) is 37.0 Å². The number of methoxy groups -OCH3 is 1. The summed E-state index contributed by atoms with van der Waals surface area (Å²) in [6.45, 7) is 1.86. The van der Waals surface area contributed by atoms with Crippen LogP contribution in [-0.2, 0) is 16.7 Å². The van der Waals surface area contributed by atoms with Gasteiger partial charge in [0.25, 0.3) is 0 Å². The van der Waals surface area contributed by atoms with Gasteiger partial charge in [0.2, 0.25) is 0 Å². The first kappa shape index (κ1) is 20.9. The molecule has 1 spiro atoms. The molecule has 0 saturated heterocycles. The van der Waals surface area contributed by atoms with Crippen molar-refractivity contribution in [3.63, 3.8) is 0 Å². The lowest BCUT2D eigenvalue weighted by Gasteiger charge is -2.36. The summed E-state index contributed by atoms with van der Waals surface area (Å²) in [5.74, 6) is 1.30. The van der Waals surface area contributed by atoms with Crippen LogP contribution in [0.25, 0.3) is 0 Å². The summed E-state index contributed by atoms with van der Waals surface area (Å²) < 4.78 is 18.0. The zero-order valence-electron chi connectivity index (χ0n) is 19.1. The topological polar surface area (TPSA) is 51.2 Å². The maximum Gasteiger partial charge on any atom is 0.338 e. The minimum atomic E-state index is -0.328. The fourth-order valence-electron chi connectivity index (χ4n) is 5.27. The van der Waals surface area contributed by atoms with Crippen molar-refractivity contribution in [3.8, 4) is 11.5 Å². The number of carbonyl (C=O) groups excluding carboxylic acids is 1. The Balaban J connectivity index is 1.43. The molecule has 3 atom stereocenters. The van der Waals surface area contributed by atoms with Crippen LogP contribution in [0.4, 0.5) is 5.69 Å². The van der Waals surface area contributed by atoms with Gasteiger partial charge in [-0.15, -0.1) is 0 Å². The van der Waals surface area contributed by atoms with Gasteiger partial charge in [-0.05, 0) is 55.9 Å². The zero-order chi connectivity index (χ0) is 22.5. The molecule has 6 nitrogen and oxygen atoms in total. The van der Waals surface area contributed by atoms with Gasteiger partial charge in [-0.1, -0.05) is 18.2 Å². The minimum Gasteiger partial charge on any atom is -0.493 e. The van der Waals surface area contributed by atoms with Crippen LogP contribution in [0.1, 0.15) is 34.3 Å². The Bertz CT molecular complexity index is 1080.